The number of halogens is 3. The molecule has 0 aliphatic heterocycles. The van der Waals surface area contributed by atoms with Gasteiger partial charge >= 0.3 is 18.0 Å². The second-order valence-electron chi connectivity index (χ2n) is 9.71. The van der Waals surface area contributed by atoms with E-state index in [9.17, 15) is 14.4 Å². The van der Waals surface area contributed by atoms with Crippen molar-refractivity contribution in [1.82, 2.24) is 10.6 Å². The molecular formula is C24H31Cl2FN2O6. The summed E-state index contributed by atoms with van der Waals surface area (Å²) < 4.78 is 31.6. The third kappa shape index (κ3) is 5.22. The quantitative estimate of drug-likeness (QED) is 0.382. The predicted molar refractivity (Wildman–Crippen MR) is 128 cm³/mol. The number of rotatable bonds is 8. The monoisotopic (exact) mass is 532 g/mol. The van der Waals surface area contributed by atoms with Crippen molar-refractivity contribution in [2.24, 2.45) is 11.8 Å². The molecule has 2 N–H and O–H groups in total. The first-order chi connectivity index (χ1) is 16.3. The van der Waals surface area contributed by atoms with Crippen LogP contribution >= 0.6 is 23.2 Å². The van der Waals surface area contributed by atoms with E-state index in [0.29, 0.717) is 10.0 Å². The first-order valence-electron chi connectivity index (χ1n) is 11.5. The molecule has 0 aromatic heterocycles. The van der Waals surface area contributed by atoms with Gasteiger partial charge in [-0.05, 0) is 58.7 Å². The summed E-state index contributed by atoms with van der Waals surface area (Å²) in [7, 11) is 0. The van der Waals surface area contributed by atoms with E-state index in [1.807, 2.05) is 0 Å². The van der Waals surface area contributed by atoms with Crippen molar-refractivity contribution in [1.29, 1.82) is 0 Å². The minimum Gasteiger partial charge on any atom is -0.464 e. The Labute approximate surface area is 214 Å². The number of alkyl halides is 1. The zero-order valence-corrected chi connectivity index (χ0v) is 21.9. The molecule has 2 fully saturated rings. The molecule has 0 bridgehead atoms. The zero-order valence-electron chi connectivity index (χ0n) is 20.4. The number of hydrogen-bond donors (Lipinski definition) is 2. The first kappa shape index (κ1) is 27.5. The molecule has 1 amide bonds. The minimum absolute atomic E-state index is 0.00777. The average molecular weight is 533 g/mol. The van der Waals surface area contributed by atoms with Gasteiger partial charge in [0, 0.05) is 24.4 Å². The maximum Gasteiger partial charge on any atom is 0.408 e. The van der Waals surface area contributed by atoms with E-state index in [-0.39, 0.29) is 26.2 Å². The Morgan fingerprint density at radius 1 is 1.09 bits per heavy atom. The maximum atomic E-state index is 16.0. The number of fused-ring (bicyclic) bond motifs is 1. The first-order valence-corrected chi connectivity index (χ1v) is 12.3. The summed E-state index contributed by atoms with van der Waals surface area (Å²) >= 11 is 12.1. The van der Waals surface area contributed by atoms with Crippen molar-refractivity contribution < 1.29 is 33.0 Å². The van der Waals surface area contributed by atoms with Gasteiger partial charge in [0.25, 0.3) is 0 Å². The second-order valence-corrected chi connectivity index (χ2v) is 10.5. The molecule has 1 aromatic carbocycles. The van der Waals surface area contributed by atoms with Crippen LogP contribution < -0.4 is 10.6 Å². The van der Waals surface area contributed by atoms with Crippen molar-refractivity contribution in [3.05, 3.63) is 33.8 Å². The Balaban J connectivity index is 1.97. The van der Waals surface area contributed by atoms with Crippen LogP contribution in [-0.2, 0) is 30.3 Å². The Bertz CT molecular complexity index is 1000. The lowest BCUT2D eigenvalue weighted by Gasteiger charge is -2.38. The van der Waals surface area contributed by atoms with Crippen molar-refractivity contribution in [3.63, 3.8) is 0 Å². The van der Waals surface area contributed by atoms with Crippen LogP contribution in [-0.4, -0.2) is 54.1 Å². The molecule has 0 spiro atoms. The SMILES string of the molecule is CCOC(=O)C1(F)C2CC(NCc3ccc(Cl)c(Cl)c3)C(NC(=O)OC(C)(C)C)(C(=O)OCC)C21. The van der Waals surface area contributed by atoms with Crippen LogP contribution in [0, 0.1) is 11.8 Å². The van der Waals surface area contributed by atoms with Crippen LogP contribution in [0.5, 0.6) is 0 Å². The van der Waals surface area contributed by atoms with Gasteiger partial charge in [-0.15, -0.1) is 0 Å². The lowest BCUT2D eigenvalue weighted by Crippen LogP contribution is -2.68. The maximum absolute atomic E-state index is 16.0. The van der Waals surface area contributed by atoms with Crippen LogP contribution in [0.4, 0.5) is 9.18 Å². The average Bonchev–Trinajstić information content (AvgIpc) is 3.20. The second kappa shape index (κ2) is 10.1. The van der Waals surface area contributed by atoms with Gasteiger partial charge in [-0.1, -0.05) is 29.3 Å². The fraction of sp³-hybridized carbons (Fsp3) is 0.625. The number of amides is 1. The number of alkyl carbamates (subject to hydrolysis) is 1. The Morgan fingerprint density at radius 3 is 2.29 bits per heavy atom. The predicted octanol–water partition coefficient (Wildman–Crippen LogP) is 4.20. The molecule has 2 aliphatic rings. The molecule has 2 saturated carbocycles. The molecule has 1 aromatic rings. The number of esters is 2. The molecule has 8 nitrogen and oxygen atoms in total. The van der Waals surface area contributed by atoms with Crippen molar-refractivity contribution in [3.8, 4) is 0 Å². The minimum atomic E-state index is -2.43. The molecule has 2 aliphatic carbocycles. The normalized spacial score (nSPS) is 29.2. The van der Waals surface area contributed by atoms with Gasteiger partial charge in [-0.3, -0.25) is 0 Å². The molecule has 3 rings (SSSR count). The van der Waals surface area contributed by atoms with Crippen molar-refractivity contribution in [2.45, 2.75) is 70.4 Å². The summed E-state index contributed by atoms with van der Waals surface area (Å²) in [5, 5.41) is 6.56. The van der Waals surface area contributed by atoms with Crippen molar-refractivity contribution >= 4 is 41.2 Å². The fourth-order valence-electron chi connectivity index (χ4n) is 4.90. The standard InChI is InChI=1S/C24H31Cl2FN2O6/c1-6-33-19(30)23(27)14-11-17(28-12-13-8-9-15(25)16(26)10-13)24(18(14)23,20(31)34-7-2)29-21(32)35-22(3,4)5/h8-10,14,17-18,28H,6-7,11-12H2,1-5H3,(H,29,32). The smallest absolute Gasteiger partial charge is 0.408 e. The van der Waals surface area contributed by atoms with Gasteiger partial charge in [-0.2, -0.15) is 0 Å². The summed E-state index contributed by atoms with van der Waals surface area (Å²) in [6, 6.07) is 4.29. The number of carbonyl (C=O) groups excluding carboxylic acids is 3. The number of benzene rings is 1. The van der Waals surface area contributed by atoms with Gasteiger partial charge in [0.1, 0.15) is 5.60 Å². The van der Waals surface area contributed by atoms with Gasteiger partial charge in [-0.25, -0.2) is 18.8 Å². The number of nitrogens with one attached hydrogen (secondary N) is 2. The van der Waals surface area contributed by atoms with Crippen molar-refractivity contribution in [2.75, 3.05) is 13.2 Å². The van der Waals surface area contributed by atoms with Crippen LogP contribution in [0.2, 0.25) is 10.0 Å². The van der Waals surface area contributed by atoms with Gasteiger partial charge in [0.05, 0.1) is 23.3 Å². The molecule has 0 saturated heterocycles. The Kier molecular flexibility index (Phi) is 7.94. The summed E-state index contributed by atoms with van der Waals surface area (Å²) in [4.78, 5) is 38.8. The lowest BCUT2D eigenvalue weighted by molar-refractivity contribution is -0.158. The molecule has 35 heavy (non-hydrogen) atoms. The number of hydrogen-bond acceptors (Lipinski definition) is 7. The molecule has 194 valence electrons. The molecule has 5 atom stereocenters. The Hall–Kier alpha value is -2.10. The van der Waals surface area contributed by atoms with Crippen LogP contribution in [0.25, 0.3) is 0 Å². The van der Waals surface area contributed by atoms with Crippen LogP contribution in [0.1, 0.15) is 46.6 Å². The summed E-state index contributed by atoms with van der Waals surface area (Å²) in [5.41, 5.74) is -4.45. The highest BCUT2D eigenvalue weighted by molar-refractivity contribution is 6.42. The molecule has 0 heterocycles. The van der Waals surface area contributed by atoms with E-state index in [0.717, 1.165) is 5.56 Å². The van der Waals surface area contributed by atoms with E-state index in [1.54, 1.807) is 52.8 Å². The number of carbonyl (C=O) groups is 3. The number of ether oxygens (including phenoxy) is 3. The van der Waals surface area contributed by atoms with Gasteiger partial charge in [0.15, 0.2) is 5.54 Å². The topological polar surface area (TPSA) is 103 Å². The largest absolute Gasteiger partial charge is 0.464 e. The van der Waals surface area contributed by atoms with Crippen LogP contribution in [0.15, 0.2) is 18.2 Å². The van der Waals surface area contributed by atoms with E-state index < -0.39 is 52.7 Å². The third-order valence-corrected chi connectivity index (χ3v) is 7.00. The molecule has 5 unspecified atom stereocenters. The van der Waals surface area contributed by atoms with E-state index >= 15 is 4.39 Å². The van der Waals surface area contributed by atoms with E-state index in [4.69, 9.17) is 37.4 Å². The highest BCUT2D eigenvalue weighted by atomic mass is 35.5. The van der Waals surface area contributed by atoms with E-state index in [1.165, 1.54) is 0 Å². The van der Waals surface area contributed by atoms with Crippen LogP contribution in [0.3, 0.4) is 0 Å². The lowest BCUT2D eigenvalue weighted by atomic mass is 9.84. The van der Waals surface area contributed by atoms with Gasteiger partial charge in [0.2, 0.25) is 5.67 Å². The summed E-state index contributed by atoms with van der Waals surface area (Å²) in [6.45, 7) is 8.36. The highest BCUT2D eigenvalue weighted by Gasteiger charge is 2.86. The zero-order chi connectivity index (χ0) is 26.2. The Morgan fingerprint density at radius 2 is 1.71 bits per heavy atom. The van der Waals surface area contributed by atoms with E-state index in [2.05, 4.69) is 10.6 Å². The molecule has 11 heteroatoms. The third-order valence-electron chi connectivity index (χ3n) is 6.26. The molecule has 0 radical (unpaired) electrons. The summed E-state index contributed by atoms with van der Waals surface area (Å²) in [6.07, 6.45) is -0.846. The highest BCUT2D eigenvalue weighted by Crippen LogP contribution is 2.68. The molecular weight excluding hydrogens is 502 g/mol. The van der Waals surface area contributed by atoms with Gasteiger partial charge < -0.3 is 24.8 Å². The fourth-order valence-corrected chi connectivity index (χ4v) is 5.22. The summed E-state index contributed by atoms with van der Waals surface area (Å²) in [5.74, 6) is -3.95.